The number of hydrogen-bond donors (Lipinski definition) is 1. The molecule has 0 saturated carbocycles. The van der Waals surface area contributed by atoms with E-state index in [1.165, 1.54) is 0 Å². The molecule has 14 heavy (non-hydrogen) atoms. The number of nitrogen functional groups attached to an aromatic ring is 1. The Hall–Kier alpha value is -2.01. The van der Waals surface area contributed by atoms with Gasteiger partial charge < -0.3 is 5.73 Å². The van der Waals surface area contributed by atoms with Crippen LogP contribution in [0.3, 0.4) is 0 Å². The van der Waals surface area contributed by atoms with Crippen molar-refractivity contribution in [3.8, 4) is 6.07 Å². The summed E-state index contributed by atoms with van der Waals surface area (Å²) in [6.45, 7) is 1.97. The van der Waals surface area contributed by atoms with E-state index < -0.39 is 0 Å². The molecule has 0 heterocycles. The Morgan fingerprint density at radius 1 is 1.29 bits per heavy atom. The molecule has 2 aromatic carbocycles. The van der Waals surface area contributed by atoms with E-state index in [0.717, 1.165) is 22.0 Å². The van der Waals surface area contributed by atoms with Crippen molar-refractivity contribution < 1.29 is 0 Å². The normalized spacial score (nSPS) is 10.0. The SMILES string of the molecule is Cc1cc(N)cc2cccc(C#N)c12. The van der Waals surface area contributed by atoms with Crippen molar-refractivity contribution in [2.24, 2.45) is 0 Å². The van der Waals surface area contributed by atoms with Gasteiger partial charge in [0.2, 0.25) is 0 Å². The van der Waals surface area contributed by atoms with Crippen LogP contribution >= 0.6 is 0 Å². The fraction of sp³-hybridized carbons (Fsp3) is 0.0833. The number of hydrogen-bond acceptors (Lipinski definition) is 2. The van der Waals surface area contributed by atoms with Gasteiger partial charge in [0, 0.05) is 11.1 Å². The molecule has 0 aliphatic rings. The van der Waals surface area contributed by atoms with E-state index in [0.29, 0.717) is 5.56 Å². The number of anilines is 1. The van der Waals surface area contributed by atoms with Gasteiger partial charge in [0.1, 0.15) is 0 Å². The lowest BCUT2D eigenvalue weighted by Gasteiger charge is -2.05. The van der Waals surface area contributed by atoms with Crippen LogP contribution in [0.5, 0.6) is 0 Å². The van der Waals surface area contributed by atoms with Gasteiger partial charge in [-0.15, -0.1) is 0 Å². The summed E-state index contributed by atoms with van der Waals surface area (Å²) >= 11 is 0. The third-order valence-electron chi connectivity index (χ3n) is 2.32. The lowest BCUT2D eigenvalue weighted by Crippen LogP contribution is -1.89. The van der Waals surface area contributed by atoms with E-state index in [2.05, 4.69) is 6.07 Å². The number of aryl methyl sites for hydroxylation is 1. The molecule has 68 valence electrons. The van der Waals surface area contributed by atoms with E-state index >= 15 is 0 Å². The molecule has 0 bridgehead atoms. The molecule has 2 heteroatoms. The first-order valence-corrected chi connectivity index (χ1v) is 4.41. The quantitative estimate of drug-likeness (QED) is 0.636. The molecule has 0 spiro atoms. The van der Waals surface area contributed by atoms with Crippen LogP contribution in [0.15, 0.2) is 30.3 Å². The molecule has 0 atom stereocenters. The summed E-state index contributed by atoms with van der Waals surface area (Å²) in [5.41, 5.74) is 8.24. The number of rotatable bonds is 0. The number of benzene rings is 2. The fourth-order valence-electron chi connectivity index (χ4n) is 1.77. The van der Waals surface area contributed by atoms with E-state index in [9.17, 15) is 0 Å². The molecule has 2 N–H and O–H groups in total. The van der Waals surface area contributed by atoms with Gasteiger partial charge in [-0.25, -0.2) is 0 Å². The first kappa shape index (κ1) is 8.58. The number of fused-ring (bicyclic) bond motifs is 1. The van der Waals surface area contributed by atoms with Gasteiger partial charge in [-0.2, -0.15) is 5.26 Å². The highest BCUT2D eigenvalue weighted by molar-refractivity contribution is 5.92. The average Bonchev–Trinajstić information content (AvgIpc) is 2.16. The van der Waals surface area contributed by atoms with Crippen LogP contribution in [0.2, 0.25) is 0 Å². The highest BCUT2D eigenvalue weighted by atomic mass is 14.5. The van der Waals surface area contributed by atoms with E-state index in [-0.39, 0.29) is 0 Å². The predicted molar refractivity (Wildman–Crippen MR) is 57.8 cm³/mol. The third kappa shape index (κ3) is 1.20. The zero-order valence-corrected chi connectivity index (χ0v) is 7.91. The van der Waals surface area contributed by atoms with Gasteiger partial charge in [0.05, 0.1) is 11.6 Å². The molecule has 2 rings (SSSR count). The second-order valence-corrected chi connectivity index (χ2v) is 3.35. The van der Waals surface area contributed by atoms with Crippen LogP contribution in [0.4, 0.5) is 5.69 Å². The van der Waals surface area contributed by atoms with Crippen molar-refractivity contribution in [3.05, 3.63) is 41.5 Å². The molecule has 0 saturated heterocycles. The summed E-state index contributed by atoms with van der Waals surface area (Å²) in [6, 6.07) is 11.6. The van der Waals surface area contributed by atoms with Crippen LogP contribution in [-0.4, -0.2) is 0 Å². The molecule has 2 aromatic rings. The predicted octanol–water partition coefficient (Wildman–Crippen LogP) is 2.60. The van der Waals surface area contributed by atoms with Crippen molar-refractivity contribution in [1.29, 1.82) is 5.26 Å². The molecule has 0 aromatic heterocycles. The zero-order chi connectivity index (χ0) is 10.1. The van der Waals surface area contributed by atoms with Crippen LogP contribution in [0.1, 0.15) is 11.1 Å². The van der Waals surface area contributed by atoms with Gasteiger partial charge in [-0.3, -0.25) is 0 Å². The van der Waals surface area contributed by atoms with Gasteiger partial charge in [0.15, 0.2) is 0 Å². The Morgan fingerprint density at radius 3 is 2.79 bits per heavy atom. The first-order chi connectivity index (χ1) is 6.72. The Bertz CT molecular complexity index is 536. The van der Waals surface area contributed by atoms with E-state index in [1.54, 1.807) is 0 Å². The van der Waals surface area contributed by atoms with Crippen LogP contribution in [-0.2, 0) is 0 Å². The second-order valence-electron chi connectivity index (χ2n) is 3.35. The number of nitriles is 1. The number of nitrogens with zero attached hydrogens (tertiary/aromatic N) is 1. The van der Waals surface area contributed by atoms with Crippen molar-refractivity contribution in [2.45, 2.75) is 6.92 Å². The molecule has 0 amide bonds. The van der Waals surface area contributed by atoms with Crippen LogP contribution in [0, 0.1) is 18.3 Å². The highest BCUT2D eigenvalue weighted by Gasteiger charge is 2.03. The smallest absolute Gasteiger partial charge is 0.0998 e. The Morgan fingerprint density at radius 2 is 2.07 bits per heavy atom. The average molecular weight is 182 g/mol. The molecule has 0 fully saturated rings. The van der Waals surface area contributed by atoms with Crippen LogP contribution in [0.25, 0.3) is 10.8 Å². The Balaban J connectivity index is 2.96. The summed E-state index contributed by atoms with van der Waals surface area (Å²) in [7, 11) is 0. The summed E-state index contributed by atoms with van der Waals surface area (Å²) < 4.78 is 0. The summed E-state index contributed by atoms with van der Waals surface area (Å²) in [4.78, 5) is 0. The lowest BCUT2D eigenvalue weighted by molar-refractivity contribution is 1.47. The molecule has 0 aliphatic carbocycles. The topological polar surface area (TPSA) is 49.8 Å². The zero-order valence-electron chi connectivity index (χ0n) is 7.91. The molecule has 0 aliphatic heterocycles. The third-order valence-corrected chi connectivity index (χ3v) is 2.32. The maximum atomic E-state index is 8.95. The lowest BCUT2D eigenvalue weighted by atomic mass is 10.00. The molecule has 2 nitrogen and oxygen atoms in total. The van der Waals surface area contributed by atoms with Crippen molar-refractivity contribution in [2.75, 3.05) is 5.73 Å². The summed E-state index contributed by atoms with van der Waals surface area (Å²) in [5.74, 6) is 0. The van der Waals surface area contributed by atoms with Crippen LogP contribution < -0.4 is 5.73 Å². The highest BCUT2D eigenvalue weighted by Crippen LogP contribution is 2.24. The maximum Gasteiger partial charge on any atom is 0.0998 e. The minimum Gasteiger partial charge on any atom is -0.399 e. The summed E-state index contributed by atoms with van der Waals surface area (Å²) in [6.07, 6.45) is 0. The standard InChI is InChI=1S/C12H10N2/c1-8-5-11(14)6-9-3-2-4-10(7-13)12(8)9/h2-6H,14H2,1H3. The minimum absolute atomic E-state index is 0.708. The summed E-state index contributed by atoms with van der Waals surface area (Å²) in [5, 5.41) is 11.0. The van der Waals surface area contributed by atoms with E-state index in [1.807, 2.05) is 37.3 Å². The van der Waals surface area contributed by atoms with Gasteiger partial charge in [-0.1, -0.05) is 12.1 Å². The van der Waals surface area contributed by atoms with E-state index in [4.69, 9.17) is 11.0 Å². The fourth-order valence-corrected chi connectivity index (χ4v) is 1.77. The number of nitrogens with two attached hydrogens (primary N) is 1. The Kier molecular flexibility index (Phi) is 1.86. The minimum atomic E-state index is 0.708. The van der Waals surface area contributed by atoms with Crippen molar-refractivity contribution in [1.82, 2.24) is 0 Å². The second kappa shape index (κ2) is 3.04. The molecule has 0 unspecified atom stereocenters. The van der Waals surface area contributed by atoms with Crippen molar-refractivity contribution in [3.63, 3.8) is 0 Å². The monoisotopic (exact) mass is 182 g/mol. The molecular formula is C12H10N2. The largest absolute Gasteiger partial charge is 0.399 e. The maximum absolute atomic E-state index is 8.95. The molecular weight excluding hydrogens is 172 g/mol. The molecule has 0 radical (unpaired) electrons. The van der Waals surface area contributed by atoms with Crippen molar-refractivity contribution >= 4 is 16.5 Å². The first-order valence-electron chi connectivity index (χ1n) is 4.41. The Labute approximate surface area is 82.6 Å². The van der Waals surface area contributed by atoms with Gasteiger partial charge in [0.25, 0.3) is 0 Å². The van der Waals surface area contributed by atoms with Gasteiger partial charge >= 0.3 is 0 Å². The van der Waals surface area contributed by atoms with Gasteiger partial charge in [-0.05, 0) is 36.1 Å².